The molecule has 0 saturated carbocycles. The van der Waals surface area contributed by atoms with E-state index in [1.165, 1.54) is 11.3 Å². The van der Waals surface area contributed by atoms with Gasteiger partial charge in [0.1, 0.15) is 10.6 Å². The van der Waals surface area contributed by atoms with Crippen molar-refractivity contribution in [1.29, 1.82) is 0 Å². The fourth-order valence-electron chi connectivity index (χ4n) is 1.73. The highest BCUT2D eigenvalue weighted by atomic mass is 32.1. The van der Waals surface area contributed by atoms with Crippen molar-refractivity contribution in [3.63, 3.8) is 0 Å². The molecule has 1 fully saturated rings. The van der Waals surface area contributed by atoms with Gasteiger partial charge in [0.05, 0.1) is 7.11 Å². The van der Waals surface area contributed by atoms with Gasteiger partial charge in [0.2, 0.25) is 0 Å². The van der Waals surface area contributed by atoms with Crippen LogP contribution in [-0.4, -0.2) is 37.0 Å². The summed E-state index contributed by atoms with van der Waals surface area (Å²) in [6, 6.07) is 1.94. The van der Waals surface area contributed by atoms with Gasteiger partial charge < -0.3 is 15.4 Å². The number of thiophene rings is 1. The van der Waals surface area contributed by atoms with Gasteiger partial charge in [-0.1, -0.05) is 0 Å². The summed E-state index contributed by atoms with van der Waals surface area (Å²) >= 11 is 1.41. The summed E-state index contributed by atoms with van der Waals surface area (Å²) in [5.41, 5.74) is 5.77. The third-order valence-corrected chi connectivity index (χ3v) is 3.44. The van der Waals surface area contributed by atoms with Gasteiger partial charge in [-0.25, -0.2) is 0 Å². The molecule has 1 atom stereocenters. The highest BCUT2D eigenvalue weighted by Gasteiger charge is 2.27. The van der Waals surface area contributed by atoms with Gasteiger partial charge in [0, 0.05) is 19.1 Å². The standard InChI is InChI=1S/C10H14N2O2S/c1-14-8-3-5-15-9(8)10(13)12-4-2-7(11)6-12/h3,5,7H,2,4,6,11H2,1H3/t7-/m0/s1. The molecule has 1 amide bonds. The molecule has 1 aromatic heterocycles. The lowest BCUT2D eigenvalue weighted by atomic mass is 10.3. The molecule has 2 rings (SSSR count). The molecule has 0 bridgehead atoms. The van der Waals surface area contributed by atoms with Crippen LogP contribution >= 0.6 is 11.3 Å². The number of hydrogen-bond acceptors (Lipinski definition) is 4. The molecule has 1 aliphatic heterocycles. The van der Waals surface area contributed by atoms with E-state index in [0.29, 0.717) is 17.2 Å². The zero-order valence-corrected chi connectivity index (χ0v) is 9.42. The molecule has 2 N–H and O–H groups in total. The Bertz CT molecular complexity index is 364. The van der Waals surface area contributed by atoms with Crippen LogP contribution < -0.4 is 10.5 Å². The summed E-state index contributed by atoms with van der Waals surface area (Å²) in [6.07, 6.45) is 0.888. The van der Waals surface area contributed by atoms with Crippen molar-refractivity contribution in [2.75, 3.05) is 20.2 Å². The predicted octanol–water partition coefficient (Wildman–Crippen LogP) is 0.930. The first-order valence-electron chi connectivity index (χ1n) is 4.88. The Morgan fingerprint density at radius 2 is 2.53 bits per heavy atom. The van der Waals surface area contributed by atoms with Crippen molar-refractivity contribution >= 4 is 17.2 Å². The molecule has 1 aromatic rings. The fraction of sp³-hybridized carbons (Fsp3) is 0.500. The van der Waals surface area contributed by atoms with Crippen LogP contribution in [0.25, 0.3) is 0 Å². The molecule has 0 aromatic carbocycles. The van der Waals surface area contributed by atoms with E-state index >= 15 is 0 Å². The van der Waals surface area contributed by atoms with Crippen LogP contribution in [-0.2, 0) is 0 Å². The maximum atomic E-state index is 12.0. The molecule has 0 aliphatic carbocycles. The van der Waals surface area contributed by atoms with E-state index in [9.17, 15) is 4.79 Å². The average Bonchev–Trinajstić information content (AvgIpc) is 2.84. The van der Waals surface area contributed by atoms with Crippen LogP contribution in [0.1, 0.15) is 16.1 Å². The number of likely N-dealkylation sites (tertiary alicyclic amines) is 1. The van der Waals surface area contributed by atoms with Crippen molar-refractivity contribution in [3.05, 3.63) is 16.3 Å². The molecule has 1 aliphatic rings. The quantitative estimate of drug-likeness (QED) is 0.816. The predicted molar refractivity (Wildman–Crippen MR) is 59.4 cm³/mol. The van der Waals surface area contributed by atoms with E-state index < -0.39 is 0 Å². The Balaban J connectivity index is 2.14. The van der Waals surface area contributed by atoms with Gasteiger partial charge in [-0.2, -0.15) is 0 Å². The summed E-state index contributed by atoms with van der Waals surface area (Å²) in [5, 5.41) is 1.86. The fourth-order valence-corrected chi connectivity index (χ4v) is 2.55. The number of nitrogens with two attached hydrogens (primary N) is 1. The number of hydrogen-bond donors (Lipinski definition) is 1. The lowest BCUT2D eigenvalue weighted by Crippen LogP contribution is -2.31. The largest absolute Gasteiger partial charge is 0.495 e. The Hall–Kier alpha value is -1.07. The minimum absolute atomic E-state index is 0.0369. The second kappa shape index (κ2) is 4.20. The Kier molecular flexibility index (Phi) is 2.93. The normalized spacial score (nSPS) is 20.7. The number of carbonyl (C=O) groups excluding carboxylic acids is 1. The summed E-state index contributed by atoms with van der Waals surface area (Å²) in [7, 11) is 1.58. The molecule has 0 unspecified atom stereocenters. The third kappa shape index (κ3) is 1.98. The van der Waals surface area contributed by atoms with Crippen molar-refractivity contribution in [3.8, 4) is 5.75 Å². The summed E-state index contributed by atoms with van der Waals surface area (Å²) < 4.78 is 5.12. The van der Waals surface area contributed by atoms with Crippen molar-refractivity contribution < 1.29 is 9.53 Å². The van der Waals surface area contributed by atoms with Crippen LogP contribution in [0.5, 0.6) is 5.75 Å². The molecule has 2 heterocycles. The third-order valence-electron chi connectivity index (χ3n) is 2.56. The number of amides is 1. The molecule has 15 heavy (non-hydrogen) atoms. The minimum Gasteiger partial charge on any atom is -0.495 e. The summed E-state index contributed by atoms with van der Waals surface area (Å²) in [6.45, 7) is 1.40. The average molecular weight is 226 g/mol. The molecule has 5 heteroatoms. The van der Waals surface area contributed by atoms with Crippen molar-refractivity contribution in [2.45, 2.75) is 12.5 Å². The SMILES string of the molecule is COc1ccsc1C(=O)N1CC[C@H](N)C1. The number of methoxy groups -OCH3 is 1. The van der Waals surface area contributed by atoms with E-state index in [0.717, 1.165) is 13.0 Å². The first-order chi connectivity index (χ1) is 7.22. The lowest BCUT2D eigenvalue weighted by Gasteiger charge is -2.15. The van der Waals surface area contributed by atoms with E-state index in [4.69, 9.17) is 10.5 Å². The van der Waals surface area contributed by atoms with Crippen LogP contribution in [0.2, 0.25) is 0 Å². The molecular weight excluding hydrogens is 212 g/mol. The maximum Gasteiger partial charge on any atom is 0.267 e. The molecule has 0 spiro atoms. The monoisotopic (exact) mass is 226 g/mol. The Morgan fingerprint density at radius 1 is 1.73 bits per heavy atom. The summed E-state index contributed by atoms with van der Waals surface area (Å²) in [4.78, 5) is 14.5. The van der Waals surface area contributed by atoms with Gasteiger partial charge in [0.25, 0.3) is 5.91 Å². The van der Waals surface area contributed by atoms with E-state index in [-0.39, 0.29) is 11.9 Å². The molecular formula is C10H14N2O2S. The van der Waals surface area contributed by atoms with E-state index in [2.05, 4.69) is 0 Å². The zero-order valence-electron chi connectivity index (χ0n) is 8.60. The van der Waals surface area contributed by atoms with Crippen molar-refractivity contribution in [1.82, 2.24) is 4.90 Å². The minimum atomic E-state index is 0.0369. The zero-order chi connectivity index (χ0) is 10.8. The smallest absolute Gasteiger partial charge is 0.267 e. The lowest BCUT2D eigenvalue weighted by molar-refractivity contribution is 0.0792. The van der Waals surface area contributed by atoms with Gasteiger partial charge >= 0.3 is 0 Å². The Labute approximate surface area is 92.6 Å². The number of ether oxygens (including phenoxy) is 1. The van der Waals surface area contributed by atoms with E-state index in [1.807, 2.05) is 11.4 Å². The van der Waals surface area contributed by atoms with Gasteiger partial charge in [-0.3, -0.25) is 4.79 Å². The molecule has 4 nitrogen and oxygen atoms in total. The summed E-state index contributed by atoms with van der Waals surface area (Å²) in [5.74, 6) is 0.695. The first kappa shape index (κ1) is 10.4. The van der Waals surface area contributed by atoms with Gasteiger partial charge in [-0.15, -0.1) is 11.3 Å². The highest BCUT2D eigenvalue weighted by molar-refractivity contribution is 7.12. The highest BCUT2D eigenvalue weighted by Crippen LogP contribution is 2.26. The number of carbonyl (C=O) groups is 1. The first-order valence-corrected chi connectivity index (χ1v) is 5.76. The molecule has 1 saturated heterocycles. The second-order valence-electron chi connectivity index (χ2n) is 3.62. The number of rotatable bonds is 2. The van der Waals surface area contributed by atoms with Crippen LogP contribution in [0, 0.1) is 0 Å². The van der Waals surface area contributed by atoms with Crippen LogP contribution in [0.3, 0.4) is 0 Å². The van der Waals surface area contributed by atoms with Gasteiger partial charge in [0.15, 0.2) is 0 Å². The van der Waals surface area contributed by atoms with Crippen LogP contribution in [0.4, 0.5) is 0 Å². The second-order valence-corrected chi connectivity index (χ2v) is 4.53. The van der Waals surface area contributed by atoms with Crippen molar-refractivity contribution in [2.24, 2.45) is 5.73 Å². The van der Waals surface area contributed by atoms with Crippen LogP contribution in [0.15, 0.2) is 11.4 Å². The molecule has 0 radical (unpaired) electrons. The molecule has 82 valence electrons. The Morgan fingerprint density at radius 3 is 3.13 bits per heavy atom. The van der Waals surface area contributed by atoms with E-state index in [1.54, 1.807) is 12.0 Å². The van der Waals surface area contributed by atoms with Gasteiger partial charge in [-0.05, 0) is 17.9 Å². The maximum absolute atomic E-state index is 12.0. The number of nitrogens with zero attached hydrogens (tertiary/aromatic N) is 1. The topological polar surface area (TPSA) is 55.6 Å².